The number of hydrogen-bond donors (Lipinski definition) is 0. The minimum absolute atomic E-state index is 0.225. The van der Waals surface area contributed by atoms with Crippen molar-refractivity contribution in [2.75, 3.05) is 0 Å². The van der Waals surface area contributed by atoms with E-state index in [-0.39, 0.29) is 12.2 Å². The summed E-state index contributed by atoms with van der Waals surface area (Å²) in [5.74, 6) is 0.139. The summed E-state index contributed by atoms with van der Waals surface area (Å²) in [4.78, 5) is 13.2. The van der Waals surface area contributed by atoms with Gasteiger partial charge in [0.25, 0.3) is 0 Å². The summed E-state index contributed by atoms with van der Waals surface area (Å²) in [5.41, 5.74) is 0.884. The second-order valence-corrected chi connectivity index (χ2v) is 7.70. The Kier molecular flexibility index (Phi) is 6.87. The Morgan fingerprint density at radius 3 is 2.28 bits per heavy atom. The maximum absolute atomic E-state index is 12.7. The number of hydrogen-bond acceptors (Lipinski definition) is 3. The molecule has 0 heterocycles. The zero-order valence-corrected chi connectivity index (χ0v) is 16.7. The van der Waals surface area contributed by atoms with Crippen LogP contribution in [-0.4, -0.2) is 5.97 Å². The van der Waals surface area contributed by atoms with E-state index in [2.05, 4.69) is 0 Å². The summed E-state index contributed by atoms with van der Waals surface area (Å²) in [6.45, 7) is -0.225. The number of carbonyl (C=O) groups excluding carboxylic acids is 1. The highest BCUT2D eigenvalue weighted by molar-refractivity contribution is 7.98. The van der Waals surface area contributed by atoms with Crippen molar-refractivity contribution < 1.29 is 22.7 Å². The van der Waals surface area contributed by atoms with Crippen LogP contribution in [-0.2, 0) is 23.3 Å². The van der Waals surface area contributed by atoms with E-state index in [0.29, 0.717) is 10.6 Å². The Hall–Kier alpha value is -2.44. The zero-order valence-electron chi connectivity index (χ0n) is 15.1. The molecule has 0 spiro atoms. The second-order valence-electron chi connectivity index (χ2n) is 6.21. The number of rotatable bonds is 6. The minimum atomic E-state index is -4.43. The number of carbonyl (C=O) groups is 1. The lowest BCUT2D eigenvalue weighted by Gasteiger charge is -2.09. The molecule has 0 amide bonds. The topological polar surface area (TPSA) is 26.3 Å². The van der Waals surface area contributed by atoms with Crippen molar-refractivity contribution in [3.8, 4) is 0 Å². The molecule has 3 rings (SSSR count). The molecule has 0 unspecified atom stereocenters. The van der Waals surface area contributed by atoms with Crippen LogP contribution in [0.4, 0.5) is 13.2 Å². The largest absolute Gasteiger partial charge is 0.457 e. The van der Waals surface area contributed by atoms with Gasteiger partial charge in [0.15, 0.2) is 0 Å². The number of thioether (sulfide) groups is 1. The van der Waals surface area contributed by atoms with Crippen LogP contribution >= 0.6 is 23.4 Å². The molecule has 0 aliphatic carbocycles. The van der Waals surface area contributed by atoms with Gasteiger partial charge < -0.3 is 4.74 Å². The lowest BCUT2D eigenvalue weighted by atomic mass is 10.1. The van der Waals surface area contributed by atoms with Gasteiger partial charge >= 0.3 is 12.1 Å². The fourth-order valence-corrected chi connectivity index (χ4v) is 3.48. The van der Waals surface area contributed by atoms with Crippen molar-refractivity contribution in [1.29, 1.82) is 0 Å². The summed E-state index contributed by atoms with van der Waals surface area (Å²) in [6.07, 6.45) is -4.43. The smallest absolute Gasteiger partial charge is 0.416 e. The summed E-state index contributed by atoms with van der Waals surface area (Å²) < 4.78 is 43.4. The molecular weight excluding hydrogens is 421 g/mol. The van der Waals surface area contributed by atoms with Gasteiger partial charge in [-0.2, -0.15) is 13.2 Å². The Balaban J connectivity index is 1.54. The van der Waals surface area contributed by atoms with Crippen LogP contribution in [0.1, 0.15) is 27.0 Å². The summed E-state index contributed by atoms with van der Waals surface area (Å²) in [5, 5.41) is 0.683. The minimum Gasteiger partial charge on any atom is -0.457 e. The van der Waals surface area contributed by atoms with E-state index in [4.69, 9.17) is 16.3 Å². The lowest BCUT2D eigenvalue weighted by Crippen LogP contribution is -2.08. The van der Waals surface area contributed by atoms with Gasteiger partial charge in [0, 0.05) is 15.7 Å². The monoisotopic (exact) mass is 436 g/mol. The van der Waals surface area contributed by atoms with Crippen LogP contribution < -0.4 is 0 Å². The number of alkyl halides is 3. The number of benzene rings is 3. The molecule has 3 aromatic rings. The van der Waals surface area contributed by atoms with Gasteiger partial charge in [-0.25, -0.2) is 4.79 Å². The standard InChI is InChI=1S/C22H16ClF3O2S/c23-19-8-10-20(11-9-19)29-14-15-4-6-17(7-5-15)21(27)28-13-16-2-1-3-18(12-16)22(24,25)26/h1-12H,13-14H2. The van der Waals surface area contributed by atoms with Crippen molar-refractivity contribution >= 4 is 29.3 Å². The SMILES string of the molecule is O=C(OCc1cccc(C(F)(F)F)c1)c1ccc(CSc2ccc(Cl)cc2)cc1. The molecule has 0 atom stereocenters. The van der Waals surface area contributed by atoms with Crippen molar-refractivity contribution in [2.24, 2.45) is 0 Å². The van der Waals surface area contributed by atoms with Gasteiger partial charge in [0.1, 0.15) is 6.61 Å². The van der Waals surface area contributed by atoms with Gasteiger partial charge in [0.2, 0.25) is 0 Å². The van der Waals surface area contributed by atoms with E-state index in [0.717, 1.165) is 28.3 Å². The third-order valence-electron chi connectivity index (χ3n) is 4.03. The molecule has 0 fully saturated rings. The Bertz CT molecular complexity index is 971. The third kappa shape index (κ3) is 6.27. The average molecular weight is 437 g/mol. The van der Waals surface area contributed by atoms with Crippen molar-refractivity contribution in [1.82, 2.24) is 0 Å². The molecule has 0 aliphatic rings. The molecule has 150 valence electrons. The maximum Gasteiger partial charge on any atom is 0.416 e. The third-order valence-corrected chi connectivity index (χ3v) is 5.37. The van der Waals surface area contributed by atoms with E-state index < -0.39 is 17.7 Å². The molecule has 0 bridgehead atoms. The lowest BCUT2D eigenvalue weighted by molar-refractivity contribution is -0.137. The fraction of sp³-hybridized carbons (Fsp3) is 0.136. The van der Waals surface area contributed by atoms with Crippen LogP contribution in [0, 0.1) is 0 Å². The van der Waals surface area contributed by atoms with Crippen molar-refractivity contribution in [2.45, 2.75) is 23.4 Å². The number of esters is 1. The quantitative estimate of drug-likeness (QED) is 0.307. The molecule has 2 nitrogen and oxygen atoms in total. The van der Waals surface area contributed by atoms with Gasteiger partial charge in [-0.15, -0.1) is 11.8 Å². The molecule has 29 heavy (non-hydrogen) atoms. The van der Waals surface area contributed by atoms with Gasteiger partial charge in [-0.05, 0) is 59.7 Å². The Morgan fingerprint density at radius 1 is 0.931 bits per heavy atom. The first kappa shape index (κ1) is 21.3. The summed E-state index contributed by atoms with van der Waals surface area (Å²) in [6, 6.07) is 19.2. The average Bonchev–Trinajstić information content (AvgIpc) is 2.71. The van der Waals surface area contributed by atoms with E-state index in [1.165, 1.54) is 12.1 Å². The highest BCUT2D eigenvalue weighted by Crippen LogP contribution is 2.29. The fourth-order valence-electron chi connectivity index (χ4n) is 2.50. The molecule has 7 heteroatoms. The molecule has 3 aromatic carbocycles. The second kappa shape index (κ2) is 9.37. The predicted octanol–water partition coefficient (Wildman–Crippen LogP) is 7.01. The van der Waals surface area contributed by atoms with Crippen LogP contribution in [0.15, 0.2) is 77.7 Å². The van der Waals surface area contributed by atoms with E-state index in [1.807, 2.05) is 36.4 Å². The molecule has 0 radical (unpaired) electrons. The first-order chi connectivity index (χ1) is 13.8. The van der Waals surface area contributed by atoms with Crippen LogP contribution in [0.3, 0.4) is 0 Å². The van der Waals surface area contributed by atoms with Gasteiger partial charge in [0.05, 0.1) is 11.1 Å². The first-order valence-electron chi connectivity index (χ1n) is 8.62. The van der Waals surface area contributed by atoms with Crippen molar-refractivity contribution in [3.63, 3.8) is 0 Å². The predicted molar refractivity (Wildman–Crippen MR) is 108 cm³/mol. The molecule has 0 saturated carbocycles. The summed E-state index contributed by atoms with van der Waals surface area (Å²) >= 11 is 7.51. The van der Waals surface area contributed by atoms with Crippen molar-refractivity contribution in [3.05, 3.63) is 100 Å². The highest BCUT2D eigenvalue weighted by Gasteiger charge is 2.30. The molecular formula is C22H16ClF3O2S. The van der Waals surface area contributed by atoms with Gasteiger partial charge in [-0.1, -0.05) is 35.9 Å². The van der Waals surface area contributed by atoms with Crippen LogP contribution in [0.25, 0.3) is 0 Å². The molecule has 0 N–H and O–H groups in total. The van der Waals surface area contributed by atoms with E-state index in [1.54, 1.807) is 23.9 Å². The molecule has 0 aliphatic heterocycles. The highest BCUT2D eigenvalue weighted by atomic mass is 35.5. The van der Waals surface area contributed by atoms with Gasteiger partial charge in [-0.3, -0.25) is 0 Å². The maximum atomic E-state index is 12.7. The number of halogens is 4. The normalized spacial score (nSPS) is 11.3. The molecule has 0 saturated heterocycles. The van der Waals surface area contributed by atoms with Crippen LogP contribution in [0.5, 0.6) is 0 Å². The summed E-state index contributed by atoms with van der Waals surface area (Å²) in [7, 11) is 0. The Morgan fingerprint density at radius 2 is 1.62 bits per heavy atom. The molecule has 0 aromatic heterocycles. The number of ether oxygens (including phenoxy) is 1. The first-order valence-corrected chi connectivity index (χ1v) is 9.98. The van der Waals surface area contributed by atoms with E-state index in [9.17, 15) is 18.0 Å². The van der Waals surface area contributed by atoms with Crippen LogP contribution in [0.2, 0.25) is 5.02 Å². The zero-order chi connectivity index (χ0) is 20.9. The van der Waals surface area contributed by atoms with E-state index >= 15 is 0 Å². The Labute approximate surface area is 175 Å².